The first-order valence-corrected chi connectivity index (χ1v) is 9.94. The van der Waals surface area contributed by atoms with Crippen LogP contribution in [0.1, 0.15) is 26.2 Å². The molecule has 1 amide bonds. The predicted molar refractivity (Wildman–Crippen MR) is 92.5 cm³/mol. The number of amides is 1. The van der Waals surface area contributed by atoms with Crippen molar-refractivity contribution < 1.29 is 13.2 Å². The molecule has 3 heterocycles. The molecule has 0 aliphatic carbocycles. The molecule has 6 nitrogen and oxygen atoms in total. The van der Waals surface area contributed by atoms with E-state index in [2.05, 4.69) is 10.0 Å². The molecule has 1 aromatic heterocycles. The van der Waals surface area contributed by atoms with Crippen molar-refractivity contribution in [3.8, 4) is 0 Å². The second-order valence-corrected chi connectivity index (χ2v) is 8.79. The van der Waals surface area contributed by atoms with Crippen LogP contribution in [0.2, 0.25) is 0 Å². The number of rotatable bonds is 4. The third-order valence-electron chi connectivity index (χ3n) is 4.37. The number of hydrogen-bond acceptors (Lipinski definition) is 5. The van der Waals surface area contributed by atoms with Crippen LogP contribution in [0, 0.1) is 0 Å². The van der Waals surface area contributed by atoms with Gasteiger partial charge in [-0.3, -0.25) is 4.79 Å². The van der Waals surface area contributed by atoms with E-state index in [1.54, 1.807) is 24.4 Å². The molecule has 2 bridgehead atoms. The van der Waals surface area contributed by atoms with Crippen molar-refractivity contribution in [3.63, 3.8) is 0 Å². The first-order valence-electron chi connectivity index (χ1n) is 7.58. The van der Waals surface area contributed by atoms with E-state index in [4.69, 9.17) is 0 Å². The standard InChI is InChI=1S/C14H21N3O3S2.ClH/c1-10(16-22(19,20)13-3-2-8-21-13)14(18)17-11-4-5-12(17)9-15-7-6-11;/h2-3,8,10-12,15-16H,4-7,9H2,1H3;1H. The van der Waals surface area contributed by atoms with Crippen LogP contribution >= 0.6 is 23.7 Å². The van der Waals surface area contributed by atoms with Crippen LogP contribution in [-0.4, -0.2) is 50.4 Å². The van der Waals surface area contributed by atoms with Crippen LogP contribution in [-0.2, 0) is 14.8 Å². The van der Waals surface area contributed by atoms with E-state index in [1.165, 1.54) is 0 Å². The van der Waals surface area contributed by atoms with Gasteiger partial charge in [-0.1, -0.05) is 6.07 Å². The molecule has 130 valence electrons. The molecule has 0 saturated carbocycles. The summed E-state index contributed by atoms with van der Waals surface area (Å²) in [7, 11) is -3.62. The van der Waals surface area contributed by atoms with Crippen LogP contribution in [0.25, 0.3) is 0 Å². The highest BCUT2D eigenvalue weighted by Crippen LogP contribution is 2.28. The number of thiophene rings is 1. The third-order valence-corrected chi connectivity index (χ3v) is 7.31. The van der Waals surface area contributed by atoms with Gasteiger partial charge in [-0.15, -0.1) is 23.7 Å². The molecule has 2 aliphatic heterocycles. The molecule has 0 radical (unpaired) electrons. The Morgan fingerprint density at radius 1 is 1.39 bits per heavy atom. The minimum Gasteiger partial charge on any atom is -0.334 e. The Bertz CT molecular complexity index is 622. The van der Waals surface area contributed by atoms with Crippen molar-refractivity contribution in [1.29, 1.82) is 0 Å². The smallest absolute Gasteiger partial charge is 0.250 e. The number of sulfonamides is 1. The second kappa shape index (κ2) is 7.48. The van der Waals surface area contributed by atoms with Gasteiger partial charge < -0.3 is 10.2 Å². The van der Waals surface area contributed by atoms with Gasteiger partial charge in [0.25, 0.3) is 10.0 Å². The lowest BCUT2D eigenvalue weighted by molar-refractivity contribution is -0.135. The van der Waals surface area contributed by atoms with Gasteiger partial charge in [-0.05, 0) is 44.2 Å². The van der Waals surface area contributed by atoms with E-state index < -0.39 is 16.1 Å². The highest BCUT2D eigenvalue weighted by atomic mass is 35.5. The summed E-state index contributed by atoms with van der Waals surface area (Å²) in [5.41, 5.74) is 0. The summed E-state index contributed by atoms with van der Waals surface area (Å²) in [5, 5.41) is 5.05. The van der Waals surface area contributed by atoms with Crippen LogP contribution in [0.4, 0.5) is 0 Å². The van der Waals surface area contributed by atoms with Crippen LogP contribution < -0.4 is 10.0 Å². The minimum atomic E-state index is -3.62. The number of nitrogens with one attached hydrogen (secondary N) is 2. The zero-order chi connectivity index (χ0) is 15.7. The molecule has 2 fully saturated rings. The molecule has 3 rings (SSSR count). The van der Waals surface area contributed by atoms with Gasteiger partial charge in [0.05, 0.1) is 6.04 Å². The van der Waals surface area contributed by atoms with E-state index in [1.807, 2.05) is 4.90 Å². The normalized spacial score (nSPS) is 25.5. The third kappa shape index (κ3) is 3.88. The van der Waals surface area contributed by atoms with Gasteiger partial charge in [0.15, 0.2) is 0 Å². The van der Waals surface area contributed by atoms with Crippen molar-refractivity contribution >= 4 is 39.7 Å². The van der Waals surface area contributed by atoms with Crippen molar-refractivity contribution in [3.05, 3.63) is 17.5 Å². The molecular formula is C14H22ClN3O3S2. The summed E-state index contributed by atoms with van der Waals surface area (Å²) >= 11 is 1.15. The van der Waals surface area contributed by atoms with Crippen molar-refractivity contribution in [1.82, 2.24) is 14.9 Å². The molecule has 2 N–H and O–H groups in total. The SMILES string of the molecule is CC(NS(=O)(=O)c1cccs1)C(=O)N1C2CCNCC1CC2.Cl. The van der Waals surface area contributed by atoms with Crippen LogP contribution in [0.15, 0.2) is 21.7 Å². The van der Waals surface area contributed by atoms with Gasteiger partial charge in [-0.2, -0.15) is 4.72 Å². The second-order valence-electron chi connectivity index (χ2n) is 5.90. The fraction of sp³-hybridized carbons (Fsp3) is 0.643. The molecule has 0 aromatic carbocycles. The Morgan fingerprint density at radius 2 is 2.13 bits per heavy atom. The maximum absolute atomic E-state index is 12.7. The Kier molecular flexibility index (Phi) is 6.07. The van der Waals surface area contributed by atoms with Crippen LogP contribution in [0.3, 0.4) is 0 Å². The van der Waals surface area contributed by atoms with E-state index in [9.17, 15) is 13.2 Å². The molecular weight excluding hydrogens is 358 g/mol. The molecule has 2 saturated heterocycles. The van der Waals surface area contributed by atoms with Crippen molar-refractivity contribution in [2.24, 2.45) is 0 Å². The fourth-order valence-corrected chi connectivity index (χ4v) is 5.53. The lowest BCUT2D eigenvalue weighted by Gasteiger charge is -2.30. The quantitative estimate of drug-likeness (QED) is 0.823. The van der Waals surface area contributed by atoms with Gasteiger partial charge in [0.1, 0.15) is 4.21 Å². The van der Waals surface area contributed by atoms with E-state index >= 15 is 0 Å². The Labute approximate surface area is 147 Å². The summed E-state index contributed by atoms with van der Waals surface area (Å²) in [4.78, 5) is 14.6. The lowest BCUT2D eigenvalue weighted by atomic mass is 10.1. The molecule has 9 heteroatoms. The maximum atomic E-state index is 12.7. The molecule has 2 aliphatic rings. The van der Waals surface area contributed by atoms with E-state index in [-0.39, 0.29) is 34.6 Å². The number of hydrogen-bond donors (Lipinski definition) is 2. The lowest BCUT2D eigenvalue weighted by Crippen LogP contribution is -2.51. The predicted octanol–water partition coefficient (Wildman–Crippen LogP) is 1.19. The summed E-state index contributed by atoms with van der Waals surface area (Å²) in [6, 6.07) is 2.92. The number of carbonyl (C=O) groups excluding carboxylic acids is 1. The summed E-state index contributed by atoms with van der Waals surface area (Å²) < 4.78 is 27.3. The van der Waals surface area contributed by atoms with Gasteiger partial charge in [0, 0.05) is 18.6 Å². The van der Waals surface area contributed by atoms with Gasteiger partial charge in [0.2, 0.25) is 5.91 Å². The van der Waals surface area contributed by atoms with E-state index in [0.717, 1.165) is 43.7 Å². The Morgan fingerprint density at radius 3 is 2.83 bits per heavy atom. The monoisotopic (exact) mass is 379 g/mol. The number of halogens is 1. The number of nitrogens with zero attached hydrogens (tertiary/aromatic N) is 1. The molecule has 3 atom stereocenters. The van der Waals surface area contributed by atoms with Crippen molar-refractivity contribution in [2.75, 3.05) is 13.1 Å². The molecule has 3 unspecified atom stereocenters. The molecule has 23 heavy (non-hydrogen) atoms. The first-order chi connectivity index (χ1) is 10.5. The van der Waals surface area contributed by atoms with Crippen molar-refractivity contribution in [2.45, 2.75) is 48.5 Å². The highest BCUT2D eigenvalue weighted by Gasteiger charge is 2.40. The van der Waals surface area contributed by atoms with Gasteiger partial charge >= 0.3 is 0 Å². The molecule has 1 aromatic rings. The minimum absolute atomic E-state index is 0. The van der Waals surface area contributed by atoms with E-state index in [0.29, 0.717) is 0 Å². The zero-order valence-electron chi connectivity index (χ0n) is 12.9. The summed E-state index contributed by atoms with van der Waals surface area (Å²) in [6.45, 7) is 3.35. The summed E-state index contributed by atoms with van der Waals surface area (Å²) in [6.07, 6.45) is 2.95. The maximum Gasteiger partial charge on any atom is 0.250 e. The number of carbonyl (C=O) groups is 1. The van der Waals surface area contributed by atoms with Gasteiger partial charge in [-0.25, -0.2) is 8.42 Å². The summed E-state index contributed by atoms with van der Waals surface area (Å²) in [5.74, 6) is -0.115. The number of fused-ring (bicyclic) bond motifs is 2. The highest BCUT2D eigenvalue weighted by molar-refractivity contribution is 7.91. The average Bonchev–Trinajstić information content (AvgIpc) is 3.05. The zero-order valence-corrected chi connectivity index (χ0v) is 15.3. The first kappa shape index (κ1) is 18.7. The Hall–Kier alpha value is -0.670. The topological polar surface area (TPSA) is 78.5 Å². The fourth-order valence-electron chi connectivity index (χ4n) is 3.32. The van der Waals surface area contributed by atoms with Crippen LogP contribution in [0.5, 0.6) is 0 Å². The average molecular weight is 380 g/mol. The molecule has 0 spiro atoms. The Balaban J connectivity index is 0.00000192. The largest absolute Gasteiger partial charge is 0.334 e.